The summed E-state index contributed by atoms with van der Waals surface area (Å²) in [5.74, 6) is 0. The number of halogens is 1. The van der Waals surface area contributed by atoms with Gasteiger partial charge in [-0.25, -0.2) is 0 Å². The average molecular weight is 642 g/mol. The van der Waals surface area contributed by atoms with E-state index >= 15 is 0 Å². The van der Waals surface area contributed by atoms with E-state index in [1.54, 1.807) is 0 Å². The molecule has 2 nitrogen and oxygen atoms in total. The van der Waals surface area contributed by atoms with Gasteiger partial charge in [-0.2, -0.15) is 0 Å². The number of carbonyl (C=O) groups is 2. The van der Waals surface area contributed by atoms with Crippen LogP contribution >= 0.6 is 9.69 Å². The molecule has 0 aromatic heterocycles. The van der Waals surface area contributed by atoms with Crippen molar-refractivity contribution in [1.29, 1.82) is 0 Å². The minimum absolute atomic E-state index is 1.23. The minimum Gasteiger partial charge on any atom is -0.0999 e. The Morgan fingerprint density at radius 1 is 0.390 bits per heavy atom. The fraction of sp³-hybridized carbons (Fsp3) is 0. The third-order valence-corrected chi connectivity index (χ3v) is 6.56. The predicted molar refractivity (Wildman–Crippen MR) is 169 cm³/mol. The molecule has 0 fully saturated rings. The van der Waals surface area contributed by atoms with E-state index in [4.69, 9.17) is 9.59 Å². The van der Waals surface area contributed by atoms with E-state index in [-0.39, 0.29) is 0 Å². The minimum atomic E-state index is 1.23. The van der Waals surface area contributed by atoms with Gasteiger partial charge in [0, 0.05) is 0 Å². The summed E-state index contributed by atoms with van der Waals surface area (Å²) in [6.07, 6.45) is 0. The molecule has 0 saturated carbocycles. The molecule has 41 heavy (non-hydrogen) atoms. The van der Waals surface area contributed by atoms with Crippen LogP contribution in [0.4, 0.5) is 0 Å². The summed E-state index contributed by atoms with van der Waals surface area (Å²) in [7, 11) is 4.57. The van der Waals surface area contributed by atoms with Crippen molar-refractivity contribution in [2.75, 3.05) is 0 Å². The molecule has 204 valence electrons. The molecule has 0 atom stereocenters. The average Bonchev–Trinajstić information content (AvgIpc) is 3.46. The van der Waals surface area contributed by atoms with Gasteiger partial charge in [0.05, 0.1) is 0 Å². The van der Waals surface area contributed by atoms with Gasteiger partial charge in [0.2, 0.25) is 0 Å². The van der Waals surface area contributed by atoms with Crippen LogP contribution in [0.2, 0.25) is 0 Å². The van der Waals surface area contributed by atoms with Crippen LogP contribution in [0.1, 0.15) is 0 Å². The van der Waals surface area contributed by atoms with E-state index in [2.05, 4.69) is 161 Å². The molecule has 6 aromatic carbocycles. The molecule has 0 bridgehead atoms. The van der Waals surface area contributed by atoms with Crippen molar-refractivity contribution in [3.63, 3.8) is 0 Å². The first kappa shape index (κ1) is 31.2. The van der Waals surface area contributed by atoms with E-state index in [1.807, 2.05) is 30.9 Å². The van der Waals surface area contributed by atoms with Gasteiger partial charge < -0.3 is 9.59 Å². The van der Waals surface area contributed by atoms with Gasteiger partial charge in [-0.3, -0.25) is 0 Å². The molecule has 0 aliphatic rings. The Kier molecular flexibility index (Phi) is 12.7. The van der Waals surface area contributed by atoms with Gasteiger partial charge in [-0.1, -0.05) is 196 Å². The Balaban J connectivity index is 0.000000725. The standard InChI is InChI=1S/C35H25.2CH2O.ClH.Ru/c1-6-16-26(17-7-1)31-32(27-18-8-2-9-19-27)34(29-22-12-4-13-23-29)35(30-24-14-5-15-25-30)33(31)28-20-10-3-11-21-28;2*1-2;;/h1-25H;2*1H2;1H;/q-1;;;;+2/p-1. The van der Waals surface area contributed by atoms with Gasteiger partial charge in [0.25, 0.3) is 0 Å². The molecular formula is C37H29ClO2Ru. The van der Waals surface area contributed by atoms with Crippen molar-refractivity contribution in [3.05, 3.63) is 152 Å². The van der Waals surface area contributed by atoms with Crippen molar-refractivity contribution in [2.45, 2.75) is 0 Å². The largest absolute Gasteiger partial charge is 0.0999 e. The molecule has 0 radical (unpaired) electrons. The van der Waals surface area contributed by atoms with Crippen molar-refractivity contribution in [3.8, 4) is 55.6 Å². The molecule has 0 heterocycles. The summed E-state index contributed by atoms with van der Waals surface area (Å²) in [5, 5.41) is 0. The van der Waals surface area contributed by atoms with Gasteiger partial charge in [-0.15, -0.1) is 0 Å². The first-order valence-corrected chi connectivity index (χ1v) is 15.0. The second kappa shape index (κ2) is 16.7. The topological polar surface area (TPSA) is 34.1 Å². The van der Waals surface area contributed by atoms with Crippen LogP contribution in [0.3, 0.4) is 0 Å². The normalized spacial score (nSPS) is 9.61. The zero-order chi connectivity index (χ0) is 29.5. The Labute approximate surface area is 256 Å². The first-order valence-electron chi connectivity index (χ1n) is 12.8. The monoisotopic (exact) mass is 642 g/mol. The fourth-order valence-corrected chi connectivity index (χ4v) is 5.09. The van der Waals surface area contributed by atoms with Gasteiger partial charge >= 0.3 is 27.0 Å². The van der Waals surface area contributed by atoms with Crippen LogP contribution in [0.25, 0.3) is 55.6 Å². The van der Waals surface area contributed by atoms with Gasteiger partial charge in [0.15, 0.2) is 0 Å². The Bertz CT molecular complexity index is 1290. The summed E-state index contributed by atoms with van der Waals surface area (Å²) in [6, 6.07) is 54.1. The molecule has 0 N–H and O–H groups in total. The number of carbonyl (C=O) groups excluding carboxylic acids is 2. The molecule has 0 amide bonds. The van der Waals surface area contributed by atoms with Gasteiger partial charge in [-0.05, 0) is 11.1 Å². The number of hydrogen-bond donors (Lipinski definition) is 0. The maximum absolute atomic E-state index is 8.00. The van der Waals surface area contributed by atoms with E-state index < -0.39 is 0 Å². The molecule has 0 saturated heterocycles. The molecule has 6 rings (SSSR count). The van der Waals surface area contributed by atoms with E-state index in [0.29, 0.717) is 0 Å². The Hall–Kier alpha value is -4.30. The molecule has 0 aliphatic carbocycles. The SMILES string of the molecule is C=O.C=O.[Cl][Ru+].c1ccc(-c2c(-c3ccccc3)c(-c3ccccc3)[c-](-c3ccccc3)c2-c2ccccc2)cc1. The fourth-order valence-electron chi connectivity index (χ4n) is 5.09. The third-order valence-electron chi connectivity index (χ3n) is 6.56. The molecular weight excluding hydrogens is 613 g/mol. The molecule has 6 aromatic rings. The van der Waals surface area contributed by atoms with Crippen LogP contribution in [-0.4, -0.2) is 13.6 Å². The number of benzene rings is 5. The van der Waals surface area contributed by atoms with Crippen molar-refractivity contribution in [2.24, 2.45) is 0 Å². The van der Waals surface area contributed by atoms with Crippen LogP contribution < -0.4 is 0 Å². The van der Waals surface area contributed by atoms with Crippen LogP contribution in [-0.2, 0) is 26.9 Å². The Morgan fingerprint density at radius 2 is 0.634 bits per heavy atom. The summed E-state index contributed by atoms with van der Waals surface area (Å²) in [6.45, 7) is 4.00. The smallest absolute Gasteiger partial charge is 0.0465 e. The zero-order valence-electron chi connectivity index (χ0n) is 22.4. The van der Waals surface area contributed by atoms with Crippen molar-refractivity contribution in [1.82, 2.24) is 0 Å². The quantitative estimate of drug-likeness (QED) is 0.139. The van der Waals surface area contributed by atoms with Crippen molar-refractivity contribution < 1.29 is 26.9 Å². The van der Waals surface area contributed by atoms with Crippen molar-refractivity contribution >= 4 is 23.3 Å². The summed E-state index contributed by atoms with van der Waals surface area (Å²) < 4.78 is 0. The maximum Gasteiger partial charge on any atom is -0.0465 e. The molecule has 0 unspecified atom stereocenters. The third kappa shape index (κ3) is 7.08. The van der Waals surface area contributed by atoms with Crippen LogP contribution in [0.15, 0.2) is 152 Å². The first-order chi connectivity index (χ1) is 20.4. The predicted octanol–water partition coefficient (Wildman–Crippen LogP) is 10.1. The van der Waals surface area contributed by atoms with Crippen LogP contribution in [0.5, 0.6) is 0 Å². The molecule has 0 spiro atoms. The van der Waals surface area contributed by atoms with E-state index in [1.165, 1.54) is 55.6 Å². The molecule has 0 aliphatic heterocycles. The second-order valence-corrected chi connectivity index (χ2v) is 8.71. The van der Waals surface area contributed by atoms with E-state index in [9.17, 15) is 0 Å². The number of hydrogen-bond acceptors (Lipinski definition) is 2. The van der Waals surface area contributed by atoms with Gasteiger partial charge in [0.1, 0.15) is 13.6 Å². The number of rotatable bonds is 5. The summed E-state index contributed by atoms with van der Waals surface area (Å²) in [4.78, 5) is 16.0. The zero-order valence-corrected chi connectivity index (χ0v) is 24.9. The van der Waals surface area contributed by atoms with E-state index in [0.717, 1.165) is 0 Å². The maximum atomic E-state index is 8.00. The summed E-state index contributed by atoms with van der Waals surface area (Å²) >= 11 is 1.82. The Morgan fingerprint density at radius 3 is 0.927 bits per heavy atom. The summed E-state index contributed by atoms with van der Waals surface area (Å²) in [5.41, 5.74) is 12.5. The molecule has 4 heteroatoms. The van der Waals surface area contributed by atoms with Crippen LogP contribution in [0, 0.1) is 0 Å². The second-order valence-electron chi connectivity index (χ2n) is 8.71.